The van der Waals surface area contributed by atoms with Crippen LogP contribution in [0.15, 0.2) is 48.6 Å². The molecule has 0 saturated carbocycles. The van der Waals surface area contributed by atoms with E-state index in [0.29, 0.717) is 0 Å². The average Bonchev–Trinajstić information content (AvgIpc) is 2.32. The molecule has 0 radical (unpaired) electrons. The Morgan fingerprint density at radius 3 is 2.94 bits per heavy atom. The van der Waals surface area contributed by atoms with Gasteiger partial charge in [0.15, 0.2) is 0 Å². The van der Waals surface area contributed by atoms with Gasteiger partial charge in [0, 0.05) is 19.5 Å². The van der Waals surface area contributed by atoms with Crippen LogP contribution < -0.4 is 5.32 Å². The molecule has 1 atom stereocenters. The maximum absolute atomic E-state index is 3.69. The summed E-state index contributed by atoms with van der Waals surface area (Å²) in [6.45, 7) is 3.69. The van der Waals surface area contributed by atoms with E-state index in [2.05, 4.69) is 48.2 Å². The number of unbranched alkanes of at least 4 members (excludes halogenated alkanes) is 1. The molecule has 1 aliphatic carbocycles. The van der Waals surface area contributed by atoms with Gasteiger partial charge < -0.3 is 5.32 Å². The van der Waals surface area contributed by atoms with Crippen LogP contribution in [-0.4, -0.2) is 7.05 Å². The predicted octanol–water partition coefficient (Wildman–Crippen LogP) is 3.97. The maximum atomic E-state index is 3.69. The molecule has 1 N–H and O–H groups in total. The SMILES string of the molecule is C=C/C=C\C=C(/CCCC#CNC)CC1C=CC1. The zero-order chi connectivity index (χ0) is 13.1. The molecule has 18 heavy (non-hydrogen) atoms. The van der Waals surface area contributed by atoms with Crippen LogP contribution in [-0.2, 0) is 0 Å². The molecule has 0 aromatic carbocycles. The zero-order valence-electron chi connectivity index (χ0n) is 11.3. The lowest BCUT2D eigenvalue weighted by atomic mass is 9.87. The summed E-state index contributed by atoms with van der Waals surface area (Å²) < 4.78 is 0. The fourth-order valence-electron chi connectivity index (χ4n) is 1.90. The molecule has 96 valence electrons. The summed E-state index contributed by atoms with van der Waals surface area (Å²) in [6, 6.07) is 2.88. The monoisotopic (exact) mass is 241 g/mol. The summed E-state index contributed by atoms with van der Waals surface area (Å²) in [5, 5.41) is 2.84. The lowest BCUT2D eigenvalue weighted by molar-refractivity contribution is 0.586. The molecule has 0 bridgehead atoms. The Kier molecular flexibility index (Phi) is 7.48. The third-order valence-electron chi connectivity index (χ3n) is 2.96. The van der Waals surface area contributed by atoms with Crippen LogP contribution in [0.25, 0.3) is 0 Å². The molecule has 1 unspecified atom stereocenters. The van der Waals surface area contributed by atoms with Gasteiger partial charge in [0.05, 0.1) is 0 Å². The molecule has 1 rings (SSSR count). The summed E-state index contributed by atoms with van der Waals surface area (Å²) in [5.74, 6) is 3.86. The smallest absolute Gasteiger partial charge is 0.0116 e. The second kappa shape index (κ2) is 9.36. The molecule has 1 aliphatic rings. The van der Waals surface area contributed by atoms with E-state index in [9.17, 15) is 0 Å². The zero-order valence-corrected chi connectivity index (χ0v) is 11.3. The Balaban J connectivity index is 2.38. The quantitative estimate of drug-likeness (QED) is 0.234. The van der Waals surface area contributed by atoms with Gasteiger partial charge in [0.1, 0.15) is 0 Å². The number of hydrogen-bond donors (Lipinski definition) is 1. The molecule has 0 heterocycles. The standard InChI is InChI=1S/C17H23N/c1-3-4-6-10-16(15-17-12-9-13-17)11-7-5-8-14-18-2/h3-4,6,9-10,12,17-18H,1,5,7,11,13,15H2,2H3/b6-4-,16-10+. The number of hydrogen-bond acceptors (Lipinski definition) is 1. The van der Waals surface area contributed by atoms with E-state index in [1.54, 1.807) is 0 Å². The van der Waals surface area contributed by atoms with Gasteiger partial charge in [-0.15, -0.1) is 0 Å². The van der Waals surface area contributed by atoms with Crippen molar-refractivity contribution in [3.63, 3.8) is 0 Å². The van der Waals surface area contributed by atoms with Crippen molar-refractivity contribution in [3.8, 4) is 12.0 Å². The first kappa shape index (κ1) is 14.4. The normalized spacial score (nSPS) is 18.1. The highest BCUT2D eigenvalue weighted by Crippen LogP contribution is 2.26. The number of nitrogens with one attached hydrogen (secondary N) is 1. The molecule has 0 aromatic heterocycles. The minimum atomic E-state index is 0.761. The van der Waals surface area contributed by atoms with Crippen molar-refractivity contribution in [1.82, 2.24) is 5.32 Å². The topological polar surface area (TPSA) is 12.0 Å². The first-order valence-corrected chi connectivity index (χ1v) is 6.65. The first-order chi connectivity index (χ1) is 8.86. The molecule has 1 nitrogen and oxygen atoms in total. The van der Waals surface area contributed by atoms with Crippen LogP contribution in [0.5, 0.6) is 0 Å². The van der Waals surface area contributed by atoms with Crippen LogP contribution in [0.4, 0.5) is 0 Å². The molecule has 0 saturated heterocycles. The van der Waals surface area contributed by atoms with Crippen molar-refractivity contribution < 1.29 is 0 Å². The van der Waals surface area contributed by atoms with Gasteiger partial charge in [-0.1, -0.05) is 54.5 Å². The lowest BCUT2D eigenvalue weighted by Crippen LogP contribution is -2.04. The van der Waals surface area contributed by atoms with Crippen molar-refractivity contribution in [2.75, 3.05) is 7.05 Å². The van der Waals surface area contributed by atoms with Crippen LogP contribution in [0, 0.1) is 17.9 Å². The molecule has 0 aliphatic heterocycles. The van der Waals surface area contributed by atoms with Gasteiger partial charge in [0.25, 0.3) is 0 Å². The van der Waals surface area contributed by atoms with E-state index in [0.717, 1.165) is 25.2 Å². The summed E-state index contributed by atoms with van der Waals surface area (Å²) >= 11 is 0. The second-order valence-corrected chi connectivity index (χ2v) is 4.48. The highest BCUT2D eigenvalue weighted by atomic mass is 14.8. The summed E-state index contributed by atoms with van der Waals surface area (Å²) in [7, 11) is 1.85. The van der Waals surface area contributed by atoms with Crippen LogP contribution >= 0.6 is 0 Å². The van der Waals surface area contributed by atoms with Gasteiger partial charge in [-0.3, -0.25) is 0 Å². The van der Waals surface area contributed by atoms with Gasteiger partial charge in [-0.05, 0) is 31.6 Å². The largest absolute Gasteiger partial charge is 0.349 e. The first-order valence-electron chi connectivity index (χ1n) is 6.65. The highest BCUT2D eigenvalue weighted by Gasteiger charge is 2.11. The molecule has 0 spiro atoms. The van der Waals surface area contributed by atoms with E-state index in [1.165, 1.54) is 18.4 Å². The minimum absolute atomic E-state index is 0.761. The summed E-state index contributed by atoms with van der Waals surface area (Å²) in [5.41, 5.74) is 1.52. The fourth-order valence-corrected chi connectivity index (χ4v) is 1.90. The molecule has 0 aromatic rings. The molecule has 1 heteroatoms. The Morgan fingerprint density at radius 1 is 1.50 bits per heavy atom. The van der Waals surface area contributed by atoms with Crippen LogP contribution in [0.1, 0.15) is 32.1 Å². The highest BCUT2D eigenvalue weighted by molar-refractivity contribution is 5.19. The third-order valence-corrected chi connectivity index (χ3v) is 2.96. The molecule has 0 amide bonds. The van der Waals surface area contributed by atoms with Gasteiger partial charge >= 0.3 is 0 Å². The van der Waals surface area contributed by atoms with Crippen molar-refractivity contribution in [1.29, 1.82) is 0 Å². The molecule has 0 fully saturated rings. The molecular formula is C17H23N. The predicted molar refractivity (Wildman–Crippen MR) is 80.0 cm³/mol. The van der Waals surface area contributed by atoms with Gasteiger partial charge in [-0.25, -0.2) is 0 Å². The Hall–Kier alpha value is -1.68. The number of allylic oxidation sites excluding steroid dienone is 7. The third kappa shape index (κ3) is 6.15. The second-order valence-electron chi connectivity index (χ2n) is 4.48. The lowest BCUT2D eigenvalue weighted by Gasteiger charge is -2.19. The van der Waals surface area contributed by atoms with E-state index in [-0.39, 0.29) is 0 Å². The van der Waals surface area contributed by atoms with Crippen molar-refractivity contribution in [3.05, 3.63) is 48.6 Å². The molecular weight excluding hydrogens is 218 g/mol. The number of rotatable bonds is 7. The van der Waals surface area contributed by atoms with E-state index in [4.69, 9.17) is 0 Å². The van der Waals surface area contributed by atoms with E-state index < -0.39 is 0 Å². The van der Waals surface area contributed by atoms with Gasteiger partial charge in [0.2, 0.25) is 0 Å². The maximum Gasteiger partial charge on any atom is 0.0116 e. The van der Waals surface area contributed by atoms with Crippen LogP contribution in [0.3, 0.4) is 0 Å². The van der Waals surface area contributed by atoms with E-state index in [1.807, 2.05) is 19.2 Å². The minimum Gasteiger partial charge on any atom is -0.349 e. The average molecular weight is 241 g/mol. The Bertz CT molecular complexity index is 388. The van der Waals surface area contributed by atoms with Crippen LogP contribution in [0.2, 0.25) is 0 Å². The summed E-state index contributed by atoms with van der Waals surface area (Å²) in [4.78, 5) is 0. The van der Waals surface area contributed by atoms with E-state index >= 15 is 0 Å². The van der Waals surface area contributed by atoms with Crippen molar-refractivity contribution in [2.45, 2.75) is 32.1 Å². The fraction of sp³-hybridized carbons (Fsp3) is 0.412. The van der Waals surface area contributed by atoms with Crippen molar-refractivity contribution in [2.24, 2.45) is 5.92 Å². The Morgan fingerprint density at radius 2 is 2.33 bits per heavy atom. The summed E-state index contributed by atoms with van der Waals surface area (Å²) in [6.07, 6.45) is 18.4. The van der Waals surface area contributed by atoms with Gasteiger partial charge in [-0.2, -0.15) is 0 Å². The van der Waals surface area contributed by atoms with Crippen molar-refractivity contribution >= 4 is 0 Å². The Labute approximate surface area is 111 Å².